The first-order chi connectivity index (χ1) is 18.4. The number of quaternary nitrogens is 1. The molecule has 12 heteroatoms. The van der Waals surface area contributed by atoms with Gasteiger partial charge in [-0.1, -0.05) is 26.0 Å². The lowest BCUT2D eigenvalue weighted by molar-refractivity contribution is -0.941. The molecule has 2 unspecified atom stereocenters. The van der Waals surface area contributed by atoms with E-state index in [0.29, 0.717) is 18.8 Å². The zero-order chi connectivity index (χ0) is 28.3. The summed E-state index contributed by atoms with van der Waals surface area (Å²) in [5.41, 5.74) is 1.16. The van der Waals surface area contributed by atoms with E-state index in [2.05, 4.69) is 12.2 Å². The van der Waals surface area contributed by atoms with Gasteiger partial charge in [0.2, 0.25) is 11.7 Å². The number of benzene rings is 1. The number of thioether (sulfide) groups is 1. The molecule has 218 valence electrons. The topological polar surface area (TPSA) is 133 Å². The number of carbonyl (C=O) groups excluding carboxylic acids is 4. The molecule has 1 aromatic rings. The molecule has 10 nitrogen and oxygen atoms in total. The molecule has 0 saturated carbocycles. The number of Topliss-reactive ketones (excluding diaryl/α,β-unsaturated/α-hetero) is 1. The van der Waals surface area contributed by atoms with E-state index in [-0.39, 0.29) is 45.9 Å². The number of esters is 1. The third-order valence-electron chi connectivity index (χ3n) is 9.06. The highest BCUT2D eigenvalue weighted by Crippen LogP contribution is 2.49. The summed E-state index contributed by atoms with van der Waals surface area (Å²) in [4.78, 5) is 52.4. The van der Waals surface area contributed by atoms with E-state index in [0.717, 1.165) is 61.1 Å². The normalized spacial score (nSPS) is 30.6. The first-order valence-electron chi connectivity index (χ1n) is 13.1. The fourth-order valence-corrected chi connectivity index (χ4v) is 8.05. The van der Waals surface area contributed by atoms with Gasteiger partial charge in [0, 0.05) is 47.6 Å². The Morgan fingerprint density at radius 1 is 1.18 bits per heavy atom. The Morgan fingerprint density at radius 3 is 2.38 bits per heavy atom. The fraction of sp³-hybridized carbons (Fsp3) is 0.571. The number of amides is 2. The van der Waals surface area contributed by atoms with E-state index < -0.39 is 29.2 Å². The Balaban J connectivity index is 0.00000370. The van der Waals surface area contributed by atoms with Crippen LogP contribution in [0.25, 0.3) is 0 Å². The summed E-state index contributed by atoms with van der Waals surface area (Å²) < 4.78 is 5.92. The number of ether oxygens (including phenoxy) is 1. The molecule has 4 saturated heterocycles. The molecule has 0 spiro atoms. The Morgan fingerprint density at radius 2 is 1.80 bits per heavy atom. The summed E-state index contributed by atoms with van der Waals surface area (Å²) in [5, 5.41) is 22.0. The van der Waals surface area contributed by atoms with Crippen LogP contribution in [0.5, 0.6) is 11.5 Å². The Hall–Kier alpha value is -2.76. The van der Waals surface area contributed by atoms with Crippen molar-refractivity contribution in [3.63, 3.8) is 0 Å². The minimum absolute atomic E-state index is 0. The van der Waals surface area contributed by atoms with E-state index in [1.807, 2.05) is 6.92 Å². The molecule has 4 fully saturated rings. The number of fused-ring (bicyclic) bond motifs is 4. The number of methoxy groups -OCH3 is 1. The summed E-state index contributed by atoms with van der Waals surface area (Å²) in [6.07, 6.45) is 2.58. The number of carbonyl (C=O) groups is 4. The molecule has 2 amide bonds. The molecule has 0 radical (unpaired) electrons. The van der Waals surface area contributed by atoms with Gasteiger partial charge in [0.15, 0.2) is 11.5 Å². The van der Waals surface area contributed by atoms with Crippen LogP contribution >= 0.6 is 23.4 Å². The van der Waals surface area contributed by atoms with Crippen LogP contribution in [0.1, 0.15) is 50.9 Å². The Kier molecular flexibility index (Phi) is 8.23. The number of hydrogen-bond acceptors (Lipinski definition) is 8. The lowest BCUT2D eigenvalue weighted by atomic mass is 9.70. The van der Waals surface area contributed by atoms with E-state index in [1.54, 1.807) is 16.7 Å². The van der Waals surface area contributed by atoms with Crippen LogP contribution in [0.4, 0.5) is 0 Å². The van der Waals surface area contributed by atoms with Gasteiger partial charge in [0.05, 0.1) is 43.1 Å². The highest BCUT2D eigenvalue weighted by atomic mass is 35.5. The van der Waals surface area contributed by atoms with Crippen LogP contribution in [0.15, 0.2) is 23.4 Å². The number of piperidine rings is 3. The van der Waals surface area contributed by atoms with E-state index >= 15 is 0 Å². The highest BCUT2D eigenvalue weighted by Gasteiger charge is 2.55. The van der Waals surface area contributed by atoms with Crippen molar-refractivity contribution in [1.82, 2.24) is 10.2 Å². The van der Waals surface area contributed by atoms with Crippen molar-refractivity contribution in [3.8, 4) is 11.5 Å². The van der Waals surface area contributed by atoms with E-state index in [4.69, 9.17) is 16.3 Å². The number of hydrogen-bond donors (Lipinski definition) is 3. The van der Waals surface area contributed by atoms with Gasteiger partial charge in [0.25, 0.3) is 5.91 Å². The standard InChI is InChI=1S/C27H32ClN3O7S.CH4/c1-14-24(36)30-20(26(37)38-3)17(15(2)39-25(14)30)12-31-7-4-27(5-8-31,6-9-31)13-29-23(35)21(33)16-10-18(28)22(34)19(32)11-16;/h10-11,14-15,25H,4-9,12-13H2,1-3H3,(H2-,29,32,33,34,35);1H4/p+1/t14?,15?,25-,27?,31?;/m1./s1. The van der Waals surface area contributed by atoms with Crippen LogP contribution in [-0.2, 0) is 19.1 Å². The largest absolute Gasteiger partial charge is 0.504 e. The molecule has 3 N–H and O–H groups in total. The van der Waals surface area contributed by atoms with Crippen LogP contribution < -0.4 is 5.32 Å². The van der Waals surface area contributed by atoms with E-state index in [9.17, 15) is 29.4 Å². The van der Waals surface area contributed by atoms with Gasteiger partial charge >= 0.3 is 5.97 Å². The molecule has 0 aromatic heterocycles. The number of nitrogens with zero attached hydrogens (tertiary/aromatic N) is 2. The van der Waals surface area contributed by atoms with Crippen molar-refractivity contribution in [2.45, 2.75) is 51.2 Å². The minimum atomic E-state index is -0.834. The van der Waals surface area contributed by atoms with E-state index in [1.165, 1.54) is 7.11 Å². The molecule has 1 aromatic carbocycles. The van der Waals surface area contributed by atoms with Crippen LogP contribution in [-0.4, -0.2) is 93.6 Å². The van der Waals surface area contributed by atoms with Crippen LogP contribution in [0.2, 0.25) is 5.02 Å². The SMILES string of the molecule is C.COC(=O)C1=C(C[N+]23CCC(CNC(=O)C(=O)c4cc(O)c(O)c(Cl)c4)(CC2)CC3)C(C)S[C@@H]2C(C)C(=O)N12. The summed E-state index contributed by atoms with van der Waals surface area (Å²) in [6.45, 7) is 7.64. The molecular formula is C28H37ClN3O7S+. The average Bonchev–Trinajstić information content (AvgIpc) is 2.95. The molecule has 0 aliphatic carbocycles. The van der Waals surface area contributed by atoms with Crippen LogP contribution in [0.3, 0.4) is 0 Å². The second-order valence-electron chi connectivity index (χ2n) is 11.3. The Bertz CT molecular complexity index is 1250. The maximum Gasteiger partial charge on any atom is 0.355 e. The zero-order valence-electron chi connectivity index (χ0n) is 22.2. The van der Waals surface area contributed by atoms with Gasteiger partial charge in [-0.2, -0.15) is 0 Å². The van der Waals surface area contributed by atoms with Crippen molar-refractivity contribution in [2.75, 3.05) is 39.8 Å². The predicted molar refractivity (Wildman–Crippen MR) is 151 cm³/mol. The van der Waals surface area contributed by atoms with Crippen LogP contribution in [0, 0.1) is 11.3 Å². The van der Waals surface area contributed by atoms with Crippen molar-refractivity contribution < 1.29 is 38.6 Å². The Labute approximate surface area is 243 Å². The van der Waals surface area contributed by atoms with Gasteiger partial charge in [-0.05, 0) is 19.1 Å². The molecule has 5 aliphatic heterocycles. The van der Waals surface area contributed by atoms with Gasteiger partial charge in [0.1, 0.15) is 12.2 Å². The summed E-state index contributed by atoms with van der Waals surface area (Å²) in [6, 6.07) is 2.18. The van der Waals surface area contributed by atoms with Gasteiger partial charge < -0.3 is 24.7 Å². The number of halogens is 1. The number of rotatable bonds is 7. The summed E-state index contributed by atoms with van der Waals surface area (Å²) in [7, 11) is 1.35. The molecule has 40 heavy (non-hydrogen) atoms. The van der Waals surface area contributed by atoms with Crippen molar-refractivity contribution in [2.24, 2.45) is 11.3 Å². The lowest BCUT2D eigenvalue weighted by Crippen LogP contribution is -2.66. The number of ketones is 1. The second kappa shape index (κ2) is 10.9. The summed E-state index contributed by atoms with van der Waals surface area (Å²) in [5.74, 6) is -3.34. The molecule has 2 bridgehead atoms. The number of nitrogens with one attached hydrogen (secondary N) is 1. The number of phenolic OH excluding ortho intramolecular Hbond substituents is 2. The molecular weight excluding hydrogens is 558 g/mol. The molecule has 5 aliphatic rings. The minimum Gasteiger partial charge on any atom is -0.504 e. The first-order valence-corrected chi connectivity index (χ1v) is 14.4. The maximum atomic E-state index is 12.8. The highest BCUT2D eigenvalue weighted by molar-refractivity contribution is 8.00. The lowest BCUT2D eigenvalue weighted by Gasteiger charge is -2.56. The number of aromatic hydroxyl groups is 2. The second-order valence-corrected chi connectivity index (χ2v) is 13.2. The monoisotopic (exact) mass is 594 g/mol. The van der Waals surface area contributed by atoms with Gasteiger partial charge in [-0.15, -0.1) is 11.8 Å². The zero-order valence-corrected chi connectivity index (χ0v) is 23.7. The average molecular weight is 595 g/mol. The quantitative estimate of drug-likeness (QED) is 0.110. The maximum absolute atomic E-state index is 12.8. The molecule has 6 rings (SSSR count). The first kappa shape index (κ1) is 30.2. The number of phenols is 2. The third-order valence-corrected chi connectivity index (χ3v) is 10.9. The fourth-order valence-electron chi connectivity index (χ4n) is 6.38. The third kappa shape index (κ3) is 4.96. The van der Waals surface area contributed by atoms with Crippen molar-refractivity contribution >= 4 is 46.9 Å². The van der Waals surface area contributed by atoms with Crippen molar-refractivity contribution in [1.29, 1.82) is 0 Å². The van der Waals surface area contributed by atoms with Crippen molar-refractivity contribution in [3.05, 3.63) is 34.0 Å². The number of β-lactam (4-membered cyclic amide) rings is 1. The molecule has 3 atom stereocenters. The predicted octanol–water partition coefficient (Wildman–Crippen LogP) is 3.05. The molecule has 5 heterocycles. The van der Waals surface area contributed by atoms with Gasteiger partial charge in [-0.3, -0.25) is 19.3 Å². The smallest absolute Gasteiger partial charge is 0.355 e. The van der Waals surface area contributed by atoms with Gasteiger partial charge in [-0.25, -0.2) is 4.79 Å². The summed E-state index contributed by atoms with van der Waals surface area (Å²) >= 11 is 7.55.